The number of hydrogen-bond acceptors (Lipinski definition) is 5. The SMILES string of the molecule is COc1cc2ccccc2cc1C(=O)N(CCN(C)C)c1nc2cc(C)cc(C)c2s1. The largest absolute Gasteiger partial charge is 0.496 e. The Balaban J connectivity index is 1.82. The number of fused-ring (bicyclic) bond motifs is 2. The van der Waals surface area contributed by atoms with Gasteiger partial charge in [-0.2, -0.15) is 0 Å². The van der Waals surface area contributed by atoms with E-state index in [0.29, 0.717) is 23.0 Å². The molecule has 160 valence electrons. The van der Waals surface area contributed by atoms with Gasteiger partial charge in [0.25, 0.3) is 5.91 Å². The van der Waals surface area contributed by atoms with Gasteiger partial charge >= 0.3 is 0 Å². The van der Waals surface area contributed by atoms with Crippen LogP contribution >= 0.6 is 11.3 Å². The van der Waals surface area contributed by atoms with Gasteiger partial charge in [0.15, 0.2) is 5.13 Å². The molecular weight excluding hydrogens is 406 g/mol. The minimum Gasteiger partial charge on any atom is -0.496 e. The summed E-state index contributed by atoms with van der Waals surface area (Å²) in [5, 5.41) is 2.77. The molecule has 0 radical (unpaired) electrons. The number of likely N-dealkylation sites (N-methyl/N-ethyl adjacent to an activating group) is 1. The molecule has 0 saturated heterocycles. The average Bonchev–Trinajstić information content (AvgIpc) is 3.16. The highest BCUT2D eigenvalue weighted by molar-refractivity contribution is 7.22. The number of methoxy groups -OCH3 is 1. The first-order valence-electron chi connectivity index (χ1n) is 10.3. The van der Waals surface area contributed by atoms with Crippen LogP contribution in [0.4, 0.5) is 5.13 Å². The van der Waals surface area contributed by atoms with Crippen LogP contribution < -0.4 is 9.64 Å². The number of benzene rings is 3. The number of anilines is 1. The number of carbonyl (C=O) groups excluding carboxylic acids is 1. The Morgan fingerprint density at radius 1 is 1.03 bits per heavy atom. The molecule has 0 atom stereocenters. The maximum atomic E-state index is 13.8. The Bertz CT molecular complexity index is 1260. The van der Waals surface area contributed by atoms with E-state index in [9.17, 15) is 4.79 Å². The van der Waals surface area contributed by atoms with Crippen LogP contribution in [0.2, 0.25) is 0 Å². The van der Waals surface area contributed by atoms with Gasteiger partial charge in [-0.1, -0.05) is 41.7 Å². The van der Waals surface area contributed by atoms with Crippen molar-refractivity contribution in [2.75, 3.05) is 39.2 Å². The Morgan fingerprint density at radius 3 is 2.42 bits per heavy atom. The fraction of sp³-hybridized carbons (Fsp3) is 0.280. The van der Waals surface area contributed by atoms with Gasteiger partial charge in [-0.15, -0.1) is 0 Å². The summed E-state index contributed by atoms with van der Waals surface area (Å²) < 4.78 is 6.72. The zero-order valence-corrected chi connectivity index (χ0v) is 19.4. The standard InChI is InChI=1S/C25H27N3O2S/c1-16-12-17(2)23-21(13-16)26-25(31-23)28(11-10-27(3)4)24(29)20-14-18-8-6-7-9-19(18)15-22(20)30-5/h6-9,12-15H,10-11H2,1-5H3. The first-order chi connectivity index (χ1) is 14.9. The van der Waals surface area contributed by atoms with Crippen LogP contribution in [0.25, 0.3) is 21.0 Å². The minimum atomic E-state index is -0.0992. The molecule has 31 heavy (non-hydrogen) atoms. The van der Waals surface area contributed by atoms with Crippen LogP contribution in [0.1, 0.15) is 21.5 Å². The fourth-order valence-electron chi connectivity index (χ4n) is 3.77. The van der Waals surface area contributed by atoms with Gasteiger partial charge in [-0.05, 0) is 68.0 Å². The van der Waals surface area contributed by atoms with Crippen molar-refractivity contribution in [3.05, 3.63) is 65.2 Å². The zero-order valence-electron chi connectivity index (χ0n) is 18.6. The smallest absolute Gasteiger partial charge is 0.263 e. The molecule has 4 rings (SSSR count). The molecule has 5 nitrogen and oxygen atoms in total. The summed E-state index contributed by atoms with van der Waals surface area (Å²) in [4.78, 5) is 22.5. The number of aryl methyl sites for hydroxylation is 2. The van der Waals surface area contributed by atoms with Crippen molar-refractivity contribution in [3.8, 4) is 5.75 Å². The molecule has 0 saturated carbocycles. The van der Waals surface area contributed by atoms with Gasteiger partial charge in [0.05, 0.1) is 22.9 Å². The maximum absolute atomic E-state index is 13.8. The van der Waals surface area contributed by atoms with Crippen LogP contribution in [0.5, 0.6) is 5.75 Å². The topological polar surface area (TPSA) is 45.7 Å². The summed E-state index contributed by atoms with van der Waals surface area (Å²) in [5.41, 5.74) is 3.84. The van der Waals surface area contributed by atoms with Crippen LogP contribution in [0.15, 0.2) is 48.5 Å². The number of amides is 1. The second-order valence-electron chi connectivity index (χ2n) is 8.09. The number of rotatable bonds is 6. The number of hydrogen-bond donors (Lipinski definition) is 0. The molecule has 1 amide bonds. The summed E-state index contributed by atoms with van der Waals surface area (Å²) in [5.74, 6) is 0.476. The lowest BCUT2D eigenvalue weighted by Crippen LogP contribution is -2.37. The molecule has 0 unspecified atom stereocenters. The summed E-state index contributed by atoms with van der Waals surface area (Å²) in [6, 6.07) is 16.1. The summed E-state index contributed by atoms with van der Waals surface area (Å²) in [6.45, 7) is 5.44. The fourth-order valence-corrected chi connectivity index (χ4v) is 4.81. The highest BCUT2D eigenvalue weighted by atomic mass is 32.1. The zero-order chi connectivity index (χ0) is 22.1. The van der Waals surface area contributed by atoms with Crippen molar-refractivity contribution >= 4 is 43.4 Å². The van der Waals surface area contributed by atoms with E-state index >= 15 is 0 Å². The molecule has 0 aliphatic heterocycles. The van der Waals surface area contributed by atoms with E-state index in [1.165, 1.54) is 11.1 Å². The molecule has 0 aliphatic rings. The molecule has 6 heteroatoms. The third kappa shape index (κ3) is 4.27. The summed E-state index contributed by atoms with van der Waals surface area (Å²) >= 11 is 1.57. The van der Waals surface area contributed by atoms with Gasteiger partial charge in [-0.25, -0.2) is 4.98 Å². The highest BCUT2D eigenvalue weighted by Crippen LogP contribution is 2.34. The molecule has 4 aromatic rings. The van der Waals surface area contributed by atoms with Crippen LogP contribution in [-0.2, 0) is 0 Å². The lowest BCUT2D eigenvalue weighted by molar-refractivity contribution is 0.0982. The van der Waals surface area contributed by atoms with E-state index in [2.05, 4.69) is 30.9 Å². The number of nitrogens with zero attached hydrogens (tertiary/aromatic N) is 3. The first-order valence-corrected chi connectivity index (χ1v) is 11.1. The minimum absolute atomic E-state index is 0.0992. The first kappa shape index (κ1) is 21.3. The molecule has 1 aromatic heterocycles. The van der Waals surface area contributed by atoms with Gasteiger partial charge in [-0.3, -0.25) is 9.69 Å². The molecule has 0 spiro atoms. The second-order valence-corrected chi connectivity index (χ2v) is 9.06. The van der Waals surface area contributed by atoms with Crippen molar-refractivity contribution in [1.82, 2.24) is 9.88 Å². The molecule has 0 N–H and O–H groups in total. The van der Waals surface area contributed by atoms with Crippen molar-refractivity contribution in [2.45, 2.75) is 13.8 Å². The van der Waals surface area contributed by atoms with Crippen molar-refractivity contribution in [1.29, 1.82) is 0 Å². The predicted octanol–water partition coefficient (Wildman–Crippen LogP) is 5.28. The Hall–Kier alpha value is -2.96. The molecule has 0 fully saturated rings. The average molecular weight is 434 g/mol. The van der Waals surface area contributed by atoms with Crippen LogP contribution in [-0.4, -0.2) is 50.1 Å². The van der Waals surface area contributed by atoms with Crippen molar-refractivity contribution in [2.24, 2.45) is 0 Å². The number of carbonyl (C=O) groups is 1. The molecule has 0 bridgehead atoms. The Kier molecular flexibility index (Phi) is 5.94. The van der Waals surface area contributed by atoms with E-state index in [-0.39, 0.29) is 5.91 Å². The maximum Gasteiger partial charge on any atom is 0.263 e. The molecular formula is C25H27N3O2S. The quantitative estimate of drug-likeness (QED) is 0.415. The van der Waals surface area contributed by atoms with Crippen molar-refractivity contribution < 1.29 is 9.53 Å². The van der Waals surface area contributed by atoms with Gasteiger partial charge in [0.2, 0.25) is 0 Å². The number of aromatic nitrogens is 1. The monoisotopic (exact) mass is 433 g/mol. The highest BCUT2D eigenvalue weighted by Gasteiger charge is 2.25. The third-order valence-corrected chi connectivity index (χ3v) is 6.58. The van der Waals surface area contributed by atoms with E-state index in [1.807, 2.05) is 50.5 Å². The van der Waals surface area contributed by atoms with E-state index < -0.39 is 0 Å². The van der Waals surface area contributed by atoms with Crippen molar-refractivity contribution in [3.63, 3.8) is 0 Å². The molecule has 1 heterocycles. The summed E-state index contributed by atoms with van der Waals surface area (Å²) in [7, 11) is 5.62. The van der Waals surface area contributed by atoms with Crippen LogP contribution in [0.3, 0.4) is 0 Å². The third-order valence-electron chi connectivity index (χ3n) is 5.35. The Labute approximate surface area is 186 Å². The van der Waals surface area contributed by atoms with E-state index in [0.717, 1.165) is 27.5 Å². The van der Waals surface area contributed by atoms with E-state index in [4.69, 9.17) is 9.72 Å². The van der Waals surface area contributed by atoms with Gasteiger partial charge < -0.3 is 9.64 Å². The number of thiazole rings is 1. The summed E-state index contributed by atoms with van der Waals surface area (Å²) in [6.07, 6.45) is 0. The molecule has 0 aliphatic carbocycles. The Morgan fingerprint density at radius 2 is 1.74 bits per heavy atom. The normalized spacial score (nSPS) is 11.4. The van der Waals surface area contributed by atoms with Gasteiger partial charge in [0.1, 0.15) is 5.75 Å². The number of ether oxygens (including phenoxy) is 1. The molecule has 3 aromatic carbocycles. The second kappa shape index (κ2) is 8.65. The van der Waals surface area contributed by atoms with E-state index in [1.54, 1.807) is 23.3 Å². The lowest BCUT2D eigenvalue weighted by Gasteiger charge is -2.23. The lowest BCUT2D eigenvalue weighted by atomic mass is 10.0. The van der Waals surface area contributed by atoms with Crippen LogP contribution in [0, 0.1) is 13.8 Å². The van der Waals surface area contributed by atoms with Gasteiger partial charge in [0, 0.05) is 13.1 Å². The predicted molar refractivity (Wildman–Crippen MR) is 130 cm³/mol.